The summed E-state index contributed by atoms with van der Waals surface area (Å²) in [4.78, 5) is 15.4. The van der Waals surface area contributed by atoms with Crippen molar-refractivity contribution < 1.29 is 14.2 Å². The smallest absolute Gasteiger partial charge is 0.417 e. The number of unbranched alkanes of at least 4 members (excludes halogenated alkanes) is 16. The zero-order valence-electron chi connectivity index (χ0n) is 30.3. The fraction of sp³-hybridized carbons (Fsp3) is 0.643. The highest BCUT2D eigenvalue weighted by Gasteiger charge is 2.43. The van der Waals surface area contributed by atoms with E-state index in [9.17, 15) is 4.79 Å². The van der Waals surface area contributed by atoms with Crippen molar-refractivity contribution in [2.75, 3.05) is 6.61 Å². The van der Waals surface area contributed by atoms with Crippen LogP contribution in [-0.2, 0) is 9.39 Å². The number of rotatable bonds is 27. The molecule has 1 atom stereocenters. The van der Waals surface area contributed by atoms with E-state index in [1.807, 2.05) is 4.90 Å². The number of hydrogen-bond donors (Lipinski definition) is 0. The van der Waals surface area contributed by atoms with Crippen molar-refractivity contribution in [1.29, 1.82) is 0 Å². The van der Waals surface area contributed by atoms with E-state index in [1.165, 1.54) is 94.6 Å². The van der Waals surface area contributed by atoms with E-state index in [0.717, 1.165) is 51.2 Å². The Morgan fingerprint density at radius 3 is 1.62 bits per heavy atom. The first-order valence-electron chi connectivity index (χ1n) is 19.6. The number of ether oxygens (including phenoxy) is 1. The van der Waals surface area contributed by atoms with Gasteiger partial charge in [-0.1, -0.05) is 191 Å². The molecule has 260 valence electrons. The summed E-state index contributed by atoms with van der Waals surface area (Å²) in [7, 11) is 0. The van der Waals surface area contributed by atoms with Gasteiger partial charge >= 0.3 is 13.0 Å². The van der Waals surface area contributed by atoms with Gasteiger partial charge in [-0.3, -0.25) is 0 Å². The molecule has 2 aromatic rings. The molecule has 1 heterocycles. The maximum atomic E-state index is 13.5. The number of allylic oxidation sites excluding steroid dienone is 1. The van der Waals surface area contributed by atoms with Crippen LogP contribution in [0.5, 0.6) is 0 Å². The van der Waals surface area contributed by atoms with Gasteiger partial charge in [0.05, 0.1) is 6.04 Å². The molecule has 0 aliphatic carbocycles. The van der Waals surface area contributed by atoms with Gasteiger partial charge in [0.1, 0.15) is 6.61 Å². The molecule has 1 aliphatic rings. The minimum absolute atomic E-state index is 0.0124. The van der Waals surface area contributed by atoms with Crippen molar-refractivity contribution in [2.45, 2.75) is 167 Å². The Morgan fingerprint density at radius 2 is 1.15 bits per heavy atom. The maximum Gasteiger partial charge on any atom is 0.417 e. The van der Waals surface area contributed by atoms with E-state index in [-0.39, 0.29) is 25.0 Å². The summed E-state index contributed by atoms with van der Waals surface area (Å²) < 4.78 is 12.7. The third kappa shape index (κ3) is 14.5. The van der Waals surface area contributed by atoms with Crippen LogP contribution in [0.3, 0.4) is 0 Å². The molecule has 4 nitrogen and oxygen atoms in total. The van der Waals surface area contributed by atoms with Gasteiger partial charge < -0.3 is 9.39 Å². The largest absolute Gasteiger partial charge is 0.549 e. The highest BCUT2D eigenvalue weighted by Crippen LogP contribution is 2.37. The number of benzene rings is 2. The summed E-state index contributed by atoms with van der Waals surface area (Å²) >= 11 is 0. The zero-order chi connectivity index (χ0) is 33.4. The highest BCUT2D eigenvalue weighted by molar-refractivity contribution is 6.52. The number of cyclic esters (lactones) is 1. The summed E-state index contributed by atoms with van der Waals surface area (Å²) in [6.07, 6.45) is 28.3. The van der Waals surface area contributed by atoms with Gasteiger partial charge in [-0.25, -0.2) is 9.69 Å². The number of hydrogen-bond acceptors (Lipinski definition) is 3. The molecule has 1 amide bonds. The first kappa shape index (κ1) is 38.8. The van der Waals surface area contributed by atoms with Crippen LogP contribution in [-0.4, -0.2) is 30.6 Å². The Morgan fingerprint density at radius 1 is 0.702 bits per heavy atom. The lowest BCUT2D eigenvalue weighted by Gasteiger charge is -2.32. The average Bonchev–Trinajstić information content (AvgIpc) is 3.48. The first-order valence-corrected chi connectivity index (χ1v) is 19.6. The van der Waals surface area contributed by atoms with E-state index < -0.39 is 0 Å². The second kappa shape index (κ2) is 24.5. The molecule has 47 heavy (non-hydrogen) atoms. The third-order valence-electron chi connectivity index (χ3n) is 9.77. The number of carbonyl (C=O) groups excluding carboxylic acids is 1. The Balaban J connectivity index is 1.64. The topological polar surface area (TPSA) is 38.8 Å². The van der Waals surface area contributed by atoms with Gasteiger partial charge in [-0.15, -0.1) is 0 Å². The summed E-state index contributed by atoms with van der Waals surface area (Å²) in [6, 6.07) is 20.9. The van der Waals surface area contributed by atoms with E-state index in [4.69, 9.17) is 9.39 Å². The molecule has 1 saturated heterocycles. The van der Waals surface area contributed by atoms with E-state index in [2.05, 4.69) is 87.5 Å². The van der Waals surface area contributed by atoms with Crippen LogP contribution >= 0.6 is 0 Å². The fourth-order valence-corrected chi connectivity index (χ4v) is 6.96. The summed E-state index contributed by atoms with van der Waals surface area (Å²) in [5.74, 6) is 0.697. The lowest BCUT2D eigenvalue weighted by atomic mass is 9.59. The highest BCUT2D eigenvalue weighted by atomic mass is 16.6. The molecule has 0 spiro atoms. The van der Waals surface area contributed by atoms with Crippen LogP contribution < -0.4 is 0 Å². The molecule has 0 saturated carbocycles. The minimum Gasteiger partial charge on any atom is -0.549 e. The van der Waals surface area contributed by atoms with Crippen LogP contribution in [0.1, 0.15) is 160 Å². The number of amides is 1. The summed E-state index contributed by atoms with van der Waals surface area (Å²) in [5, 5.41) is 0. The normalized spacial score (nSPS) is 15.0. The molecule has 0 bridgehead atoms. The molecule has 0 N–H and O–H groups in total. The predicted molar refractivity (Wildman–Crippen MR) is 201 cm³/mol. The number of carbonyl (C=O) groups is 1. The van der Waals surface area contributed by atoms with Gasteiger partial charge in [0.2, 0.25) is 0 Å². The molecular formula is C42H66BNO3. The Hall–Kier alpha value is -2.69. The van der Waals surface area contributed by atoms with Crippen molar-refractivity contribution in [3.05, 3.63) is 83.7 Å². The van der Waals surface area contributed by atoms with Crippen molar-refractivity contribution in [2.24, 2.45) is 0 Å². The summed E-state index contributed by atoms with van der Waals surface area (Å²) in [6.45, 7) is 7.22. The molecule has 5 heteroatoms. The van der Waals surface area contributed by atoms with Gasteiger partial charge in [0, 0.05) is 5.92 Å². The Kier molecular flexibility index (Phi) is 20.2. The van der Waals surface area contributed by atoms with Crippen LogP contribution in [0.2, 0.25) is 12.6 Å². The fourth-order valence-electron chi connectivity index (χ4n) is 6.96. The molecule has 3 rings (SSSR count). The van der Waals surface area contributed by atoms with E-state index in [1.54, 1.807) is 0 Å². The first-order chi connectivity index (χ1) is 23.2. The van der Waals surface area contributed by atoms with Gasteiger partial charge in [-0.05, 0) is 42.7 Å². The molecule has 1 aliphatic heterocycles. The third-order valence-corrected chi connectivity index (χ3v) is 9.77. The predicted octanol–water partition coefficient (Wildman–Crippen LogP) is 13.0. The van der Waals surface area contributed by atoms with E-state index >= 15 is 0 Å². The SMILES string of the molecule is CCCCCCCCCCCCCCCC/C=C(\OB(CCCC)CCCC)N1C(=O)OC[C@H]1C(c1ccccc1)c1ccccc1. The van der Waals surface area contributed by atoms with Crippen LogP contribution in [0.15, 0.2) is 72.6 Å². The van der Waals surface area contributed by atoms with Gasteiger partial charge in [0.25, 0.3) is 0 Å². The van der Waals surface area contributed by atoms with Crippen molar-refractivity contribution in [1.82, 2.24) is 4.90 Å². The molecule has 0 radical (unpaired) electrons. The lowest BCUT2D eigenvalue weighted by Crippen LogP contribution is -2.40. The van der Waals surface area contributed by atoms with E-state index in [0.29, 0.717) is 12.5 Å². The number of nitrogens with zero attached hydrogens (tertiary/aromatic N) is 1. The van der Waals surface area contributed by atoms with Crippen LogP contribution in [0, 0.1) is 0 Å². The van der Waals surface area contributed by atoms with Gasteiger partial charge in [0.15, 0.2) is 5.88 Å². The minimum atomic E-state index is -0.288. The van der Waals surface area contributed by atoms with Crippen molar-refractivity contribution >= 4 is 13.0 Å². The quantitative estimate of drug-likeness (QED) is 0.0552. The molecule has 0 aromatic heterocycles. The van der Waals surface area contributed by atoms with Crippen molar-refractivity contribution in [3.63, 3.8) is 0 Å². The monoisotopic (exact) mass is 644 g/mol. The van der Waals surface area contributed by atoms with Gasteiger partial charge in [-0.2, -0.15) is 0 Å². The van der Waals surface area contributed by atoms with Crippen molar-refractivity contribution in [3.8, 4) is 0 Å². The zero-order valence-corrected chi connectivity index (χ0v) is 30.3. The lowest BCUT2D eigenvalue weighted by molar-refractivity contribution is 0.151. The van der Waals surface area contributed by atoms with Crippen LogP contribution in [0.25, 0.3) is 0 Å². The Labute approximate surface area is 289 Å². The second-order valence-corrected chi connectivity index (χ2v) is 13.8. The maximum absolute atomic E-state index is 13.5. The standard InChI is InChI=1S/C42H66BNO3/c1-4-7-10-11-12-13-14-15-16-17-18-19-20-21-28-33-40(47-43(34-8-5-2)35-9-6-3)44-39(36-46-42(44)45)41(37-29-24-22-25-30-37)38-31-26-23-27-32-38/h22-27,29-33,39,41H,4-21,28,34-36H2,1-3H3/b40-33-/t39-/m0/s1. The van der Waals surface area contributed by atoms with Crippen LogP contribution in [0.4, 0.5) is 4.79 Å². The second-order valence-electron chi connectivity index (χ2n) is 13.8. The average molecular weight is 644 g/mol. The summed E-state index contributed by atoms with van der Waals surface area (Å²) in [5.41, 5.74) is 2.37. The molecule has 2 aromatic carbocycles. The molecular weight excluding hydrogens is 577 g/mol. The molecule has 1 fully saturated rings. The Bertz CT molecular complexity index is 1040. The molecule has 0 unspecified atom stereocenters.